The van der Waals surface area contributed by atoms with Crippen molar-refractivity contribution in [2.45, 2.75) is 4.90 Å². The van der Waals surface area contributed by atoms with Crippen LogP contribution in [0.4, 0.5) is 0 Å². The molecule has 4 heteroatoms. The van der Waals surface area contributed by atoms with E-state index in [1.165, 1.54) is 7.05 Å². The average Bonchev–Trinajstić information content (AvgIpc) is 2.65. The molecule has 0 N–H and O–H groups in total. The van der Waals surface area contributed by atoms with Crippen LogP contribution in [0.2, 0.25) is 0 Å². The molecule has 0 bridgehead atoms. The summed E-state index contributed by atoms with van der Waals surface area (Å²) >= 11 is 4.24. The van der Waals surface area contributed by atoms with Gasteiger partial charge in [-0.25, -0.2) is 0 Å². The van der Waals surface area contributed by atoms with Gasteiger partial charge in [0.1, 0.15) is 0 Å². The number of hydrogen-bond donors (Lipinski definition) is 1. The zero-order valence-electron chi connectivity index (χ0n) is 10.3. The number of imide groups is 1. The highest BCUT2D eigenvalue weighted by atomic mass is 32.1. The number of thiol groups is 1. The topological polar surface area (TPSA) is 37.4 Å². The standard InChI is InChI=1S/C15H11NO2S/c1-16-14(17)12-4-2-3-11(13(12)15(16)18)9-5-7-10(19)8-6-9/h2-8,19H,1H3. The highest BCUT2D eigenvalue weighted by Crippen LogP contribution is 2.32. The molecular formula is C15H11NO2S. The van der Waals surface area contributed by atoms with Gasteiger partial charge >= 0.3 is 0 Å². The summed E-state index contributed by atoms with van der Waals surface area (Å²) in [7, 11) is 1.51. The fraction of sp³-hybridized carbons (Fsp3) is 0.0667. The van der Waals surface area contributed by atoms with E-state index in [0.717, 1.165) is 20.9 Å². The van der Waals surface area contributed by atoms with Gasteiger partial charge in [0.25, 0.3) is 11.8 Å². The van der Waals surface area contributed by atoms with E-state index in [9.17, 15) is 9.59 Å². The summed E-state index contributed by atoms with van der Waals surface area (Å²) in [6.07, 6.45) is 0. The second-order valence-corrected chi connectivity index (χ2v) is 4.96. The molecule has 1 aliphatic rings. The van der Waals surface area contributed by atoms with Crippen molar-refractivity contribution in [3.63, 3.8) is 0 Å². The van der Waals surface area contributed by atoms with Crippen molar-refractivity contribution in [1.82, 2.24) is 4.90 Å². The monoisotopic (exact) mass is 269 g/mol. The zero-order valence-corrected chi connectivity index (χ0v) is 11.1. The van der Waals surface area contributed by atoms with Gasteiger partial charge in [0.15, 0.2) is 0 Å². The summed E-state index contributed by atoms with van der Waals surface area (Å²) in [6.45, 7) is 0. The predicted octanol–water partition coefficient (Wildman–Crippen LogP) is 2.87. The molecule has 0 saturated carbocycles. The number of carbonyl (C=O) groups is 2. The molecule has 1 aliphatic heterocycles. The van der Waals surface area contributed by atoms with Crippen LogP contribution in [0.5, 0.6) is 0 Å². The molecule has 2 aromatic rings. The van der Waals surface area contributed by atoms with E-state index in [4.69, 9.17) is 0 Å². The lowest BCUT2D eigenvalue weighted by Gasteiger charge is -2.07. The third-order valence-electron chi connectivity index (χ3n) is 3.30. The summed E-state index contributed by atoms with van der Waals surface area (Å²) in [5.41, 5.74) is 2.65. The van der Waals surface area contributed by atoms with Crippen LogP contribution in [0.25, 0.3) is 11.1 Å². The van der Waals surface area contributed by atoms with Crippen LogP contribution in [0.15, 0.2) is 47.4 Å². The van der Waals surface area contributed by atoms with E-state index in [1.807, 2.05) is 30.3 Å². The number of hydrogen-bond acceptors (Lipinski definition) is 3. The third-order valence-corrected chi connectivity index (χ3v) is 3.59. The van der Waals surface area contributed by atoms with E-state index in [-0.39, 0.29) is 11.8 Å². The molecule has 3 rings (SSSR count). The second kappa shape index (κ2) is 4.24. The first-order chi connectivity index (χ1) is 9.09. The highest BCUT2D eigenvalue weighted by molar-refractivity contribution is 7.80. The Hall–Kier alpha value is -2.07. The summed E-state index contributed by atoms with van der Waals surface area (Å²) < 4.78 is 0. The van der Waals surface area contributed by atoms with Crippen LogP contribution in [0.3, 0.4) is 0 Å². The Labute approximate surface area is 116 Å². The normalized spacial score (nSPS) is 13.9. The van der Waals surface area contributed by atoms with Crippen LogP contribution in [0.1, 0.15) is 20.7 Å². The van der Waals surface area contributed by atoms with Crippen LogP contribution in [-0.2, 0) is 0 Å². The van der Waals surface area contributed by atoms with E-state index < -0.39 is 0 Å². The Balaban J connectivity index is 2.23. The Morgan fingerprint density at radius 3 is 2.21 bits per heavy atom. The first kappa shape index (κ1) is 12.0. The molecule has 94 valence electrons. The minimum absolute atomic E-state index is 0.243. The summed E-state index contributed by atoms with van der Waals surface area (Å²) in [5.74, 6) is -0.488. The molecule has 3 nitrogen and oxygen atoms in total. The molecule has 0 saturated heterocycles. The molecule has 0 atom stereocenters. The maximum absolute atomic E-state index is 12.2. The quantitative estimate of drug-likeness (QED) is 0.638. The van der Waals surface area contributed by atoms with E-state index >= 15 is 0 Å². The van der Waals surface area contributed by atoms with Crippen molar-refractivity contribution >= 4 is 24.4 Å². The minimum Gasteiger partial charge on any atom is -0.277 e. The number of carbonyl (C=O) groups excluding carboxylic acids is 2. The lowest BCUT2D eigenvalue weighted by Crippen LogP contribution is -2.24. The van der Waals surface area contributed by atoms with Gasteiger partial charge in [0.2, 0.25) is 0 Å². The number of nitrogens with zero attached hydrogens (tertiary/aromatic N) is 1. The van der Waals surface area contributed by atoms with E-state index in [0.29, 0.717) is 11.1 Å². The van der Waals surface area contributed by atoms with Gasteiger partial charge in [0.05, 0.1) is 11.1 Å². The van der Waals surface area contributed by atoms with Crippen molar-refractivity contribution in [3.05, 3.63) is 53.6 Å². The van der Waals surface area contributed by atoms with Crippen LogP contribution >= 0.6 is 12.6 Å². The fourth-order valence-electron chi connectivity index (χ4n) is 2.28. The van der Waals surface area contributed by atoms with Gasteiger partial charge in [0, 0.05) is 11.9 Å². The van der Waals surface area contributed by atoms with Gasteiger partial charge in [-0.15, -0.1) is 12.6 Å². The van der Waals surface area contributed by atoms with E-state index in [2.05, 4.69) is 12.6 Å². The maximum atomic E-state index is 12.2. The second-order valence-electron chi connectivity index (χ2n) is 4.44. The molecule has 0 spiro atoms. The SMILES string of the molecule is CN1C(=O)c2cccc(-c3ccc(S)cc3)c2C1=O. The molecule has 0 aliphatic carbocycles. The first-order valence-corrected chi connectivity index (χ1v) is 6.29. The summed E-state index contributed by atoms with van der Waals surface area (Å²) in [6, 6.07) is 12.9. The van der Waals surface area contributed by atoms with Crippen LogP contribution < -0.4 is 0 Å². The molecule has 0 unspecified atom stereocenters. The average molecular weight is 269 g/mol. The van der Waals surface area contributed by atoms with Gasteiger partial charge in [-0.2, -0.15) is 0 Å². The number of rotatable bonds is 1. The molecular weight excluding hydrogens is 258 g/mol. The Kier molecular flexibility index (Phi) is 2.68. The van der Waals surface area contributed by atoms with Crippen LogP contribution in [-0.4, -0.2) is 23.8 Å². The van der Waals surface area contributed by atoms with Gasteiger partial charge < -0.3 is 0 Å². The molecule has 2 aromatic carbocycles. The molecule has 0 aromatic heterocycles. The van der Waals surface area contributed by atoms with Gasteiger partial charge in [-0.1, -0.05) is 24.3 Å². The summed E-state index contributed by atoms with van der Waals surface area (Å²) in [5, 5.41) is 0. The Morgan fingerprint density at radius 2 is 1.53 bits per heavy atom. The lowest BCUT2D eigenvalue weighted by atomic mass is 9.97. The van der Waals surface area contributed by atoms with Crippen molar-refractivity contribution in [2.75, 3.05) is 7.05 Å². The van der Waals surface area contributed by atoms with E-state index in [1.54, 1.807) is 12.1 Å². The van der Waals surface area contributed by atoms with Gasteiger partial charge in [-0.3, -0.25) is 14.5 Å². The first-order valence-electron chi connectivity index (χ1n) is 5.84. The van der Waals surface area contributed by atoms with Crippen LogP contribution in [0, 0.1) is 0 Å². The van der Waals surface area contributed by atoms with Crippen molar-refractivity contribution < 1.29 is 9.59 Å². The molecule has 19 heavy (non-hydrogen) atoms. The number of fused-ring (bicyclic) bond motifs is 1. The largest absolute Gasteiger partial charge is 0.277 e. The summed E-state index contributed by atoms with van der Waals surface area (Å²) in [4.78, 5) is 26.1. The predicted molar refractivity (Wildman–Crippen MR) is 75.6 cm³/mol. The zero-order chi connectivity index (χ0) is 13.6. The molecule has 1 heterocycles. The van der Waals surface area contributed by atoms with Crippen molar-refractivity contribution in [3.8, 4) is 11.1 Å². The lowest BCUT2D eigenvalue weighted by molar-refractivity contribution is 0.0693. The molecule has 0 radical (unpaired) electrons. The van der Waals surface area contributed by atoms with Crippen molar-refractivity contribution in [1.29, 1.82) is 0 Å². The van der Waals surface area contributed by atoms with Gasteiger partial charge in [-0.05, 0) is 29.3 Å². The third kappa shape index (κ3) is 1.76. The van der Waals surface area contributed by atoms with Crippen molar-refractivity contribution in [2.24, 2.45) is 0 Å². The Morgan fingerprint density at radius 1 is 0.895 bits per heavy atom. The number of amides is 2. The smallest absolute Gasteiger partial charge is 0.261 e. The molecule has 2 amide bonds. The number of benzene rings is 2. The maximum Gasteiger partial charge on any atom is 0.261 e. The highest BCUT2D eigenvalue weighted by Gasteiger charge is 2.34. The molecule has 0 fully saturated rings. The Bertz CT molecular complexity index is 692. The fourth-order valence-corrected chi connectivity index (χ4v) is 2.43. The minimum atomic E-state index is -0.245.